The third-order valence-electron chi connectivity index (χ3n) is 10.8. The third-order valence-corrected chi connectivity index (χ3v) is 10.8. The molecule has 0 fully saturated rings. The molecule has 0 aromatic carbocycles. The molecule has 0 saturated carbocycles. The number of hydrogen-bond acceptors (Lipinski definition) is 5. The molecule has 0 radical (unpaired) electrons. The number of hydrogen-bond donors (Lipinski definition) is 1. The first-order chi connectivity index (χ1) is 25.4. The Morgan fingerprint density at radius 3 is 1.17 bits per heavy atom. The summed E-state index contributed by atoms with van der Waals surface area (Å²) in [6.07, 6.45) is 39.3. The average molecular weight is 739 g/mol. The molecular weight excluding hydrogens is 645 g/mol. The number of carbonyl (C=O) groups excluding carboxylic acids is 2. The van der Waals surface area contributed by atoms with Gasteiger partial charge in [0.25, 0.3) is 0 Å². The summed E-state index contributed by atoms with van der Waals surface area (Å²) < 4.78 is 11.9. The SMILES string of the molecule is CCCCCCCCCCCCCCCC(=O)OCC(COC(=O)C(CCCCCC)CCCCCCCC)C(CCC)CCC.CCCCCO. The van der Waals surface area contributed by atoms with Crippen molar-refractivity contribution >= 4 is 11.9 Å². The van der Waals surface area contributed by atoms with Gasteiger partial charge in [0.15, 0.2) is 0 Å². The van der Waals surface area contributed by atoms with Crippen molar-refractivity contribution in [1.82, 2.24) is 0 Å². The highest BCUT2D eigenvalue weighted by Gasteiger charge is 2.26. The zero-order valence-electron chi connectivity index (χ0n) is 36.3. The molecule has 1 N–H and O–H groups in total. The van der Waals surface area contributed by atoms with E-state index < -0.39 is 0 Å². The second-order valence-electron chi connectivity index (χ2n) is 15.9. The first kappa shape index (κ1) is 53.0. The largest absolute Gasteiger partial charge is 0.465 e. The van der Waals surface area contributed by atoms with Crippen molar-refractivity contribution in [1.29, 1.82) is 0 Å². The van der Waals surface area contributed by atoms with Gasteiger partial charge in [-0.2, -0.15) is 0 Å². The molecule has 0 aliphatic rings. The minimum absolute atomic E-state index is 0.0116. The molecule has 0 spiro atoms. The summed E-state index contributed by atoms with van der Waals surface area (Å²) in [4.78, 5) is 26.1. The quantitative estimate of drug-likeness (QED) is 0.0502. The highest BCUT2D eigenvalue weighted by molar-refractivity contribution is 5.72. The summed E-state index contributed by atoms with van der Waals surface area (Å²) in [6.45, 7) is 14.5. The first-order valence-corrected chi connectivity index (χ1v) is 23.4. The Morgan fingerprint density at radius 2 is 0.769 bits per heavy atom. The lowest BCUT2D eigenvalue weighted by molar-refractivity contribution is -0.154. The predicted octanol–water partition coefficient (Wildman–Crippen LogP) is 14.9. The maximum Gasteiger partial charge on any atom is 0.308 e. The van der Waals surface area contributed by atoms with Crippen molar-refractivity contribution in [2.75, 3.05) is 19.8 Å². The number of ether oxygens (including phenoxy) is 2. The molecule has 0 heterocycles. The van der Waals surface area contributed by atoms with E-state index in [4.69, 9.17) is 14.6 Å². The lowest BCUT2D eigenvalue weighted by atomic mass is 9.86. The molecule has 0 aliphatic heterocycles. The second kappa shape index (κ2) is 44.3. The van der Waals surface area contributed by atoms with Gasteiger partial charge < -0.3 is 14.6 Å². The van der Waals surface area contributed by atoms with Crippen molar-refractivity contribution in [3.8, 4) is 0 Å². The number of aliphatic hydroxyl groups excluding tert-OH is 1. The maximum atomic E-state index is 13.4. The third kappa shape index (κ3) is 37.2. The molecule has 2 atom stereocenters. The van der Waals surface area contributed by atoms with Gasteiger partial charge in [-0.15, -0.1) is 0 Å². The number of esters is 2. The summed E-state index contributed by atoms with van der Waals surface area (Å²) in [5.41, 5.74) is 0. The smallest absolute Gasteiger partial charge is 0.308 e. The number of carbonyl (C=O) groups is 2. The Bertz CT molecular complexity index is 700. The van der Waals surface area contributed by atoms with Crippen LogP contribution in [0.5, 0.6) is 0 Å². The summed E-state index contributed by atoms with van der Waals surface area (Å²) in [5, 5.41) is 8.20. The maximum absolute atomic E-state index is 13.4. The van der Waals surface area contributed by atoms with Crippen molar-refractivity contribution < 1.29 is 24.2 Å². The van der Waals surface area contributed by atoms with Crippen LogP contribution in [0.2, 0.25) is 0 Å². The van der Waals surface area contributed by atoms with Gasteiger partial charge in [0.1, 0.15) is 0 Å². The van der Waals surface area contributed by atoms with E-state index in [0.717, 1.165) is 77.0 Å². The van der Waals surface area contributed by atoms with E-state index in [1.54, 1.807) is 0 Å². The molecule has 5 nitrogen and oxygen atoms in total. The molecule has 5 heteroatoms. The zero-order valence-corrected chi connectivity index (χ0v) is 36.3. The lowest BCUT2D eigenvalue weighted by Gasteiger charge is -2.27. The van der Waals surface area contributed by atoms with E-state index in [9.17, 15) is 9.59 Å². The highest BCUT2D eigenvalue weighted by atomic mass is 16.5. The van der Waals surface area contributed by atoms with E-state index in [2.05, 4.69) is 41.5 Å². The number of rotatable bonds is 39. The summed E-state index contributed by atoms with van der Waals surface area (Å²) in [7, 11) is 0. The van der Waals surface area contributed by atoms with Crippen molar-refractivity contribution in [2.24, 2.45) is 17.8 Å². The molecule has 0 aliphatic carbocycles. The van der Waals surface area contributed by atoms with Gasteiger partial charge in [0, 0.05) is 18.9 Å². The molecule has 0 rings (SSSR count). The van der Waals surface area contributed by atoms with Crippen LogP contribution in [0.4, 0.5) is 0 Å². The van der Waals surface area contributed by atoms with Crippen LogP contribution < -0.4 is 0 Å². The van der Waals surface area contributed by atoms with Crippen LogP contribution in [0.25, 0.3) is 0 Å². The number of aliphatic hydroxyl groups is 1. The minimum atomic E-state index is -0.0805. The van der Waals surface area contributed by atoms with E-state index in [1.807, 2.05) is 0 Å². The molecule has 0 aromatic heterocycles. The van der Waals surface area contributed by atoms with Crippen LogP contribution in [0.1, 0.15) is 253 Å². The Labute approximate surface area is 326 Å². The Kier molecular flexibility index (Phi) is 45.2. The standard InChI is InChI=1S/C42H82O4.C5H12O/c1-6-11-14-17-19-20-21-22-23-24-25-27-30-35-41(43)45-36-40(38(31-9-4)32-10-5)37-46-42(44)39(33-28-16-13-8-3)34-29-26-18-15-12-7-2;1-2-3-4-5-6/h38-40H,6-37H2,1-5H3;6H,2-5H2,1H3. The van der Waals surface area contributed by atoms with Crippen LogP contribution in [-0.4, -0.2) is 36.9 Å². The Hall–Kier alpha value is -1.10. The van der Waals surface area contributed by atoms with Gasteiger partial charge in [-0.05, 0) is 31.6 Å². The van der Waals surface area contributed by atoms with Crippen LogP contribution in [0.15, 0.2) is 0 Å². The highest BCUT2D eigenvalue weighted by Crippen LogP contribution is 2.26. The van der Waals surface area contributed by atoms with Crippen molar-refractivity contribution in [2.45, 2.75) is 253 Å². The van der Waals surface area contributed by atoms with E-state index in [1.165, 1.54) is 128 Å². The summed E-state index contributed by atoms with van der Waals surface area (Å²) >= 11 is 0. The van der Waals surface area contributed by atoms with Gasteiger partial charge in [0.2, 0.25) is 0 Å². The Morgan fingerprint density at radius 1 is 0.404 bits per heavy atom. The molecular formula is C47H94O5. The zero-order chi connectivity index (χ0) is 38.8. The first-order valence-electron chi connectivity index (χ1n) is 23.4. The predicted molar refractivity (Wildman–Crippen MR) is 226 cm³/mol. The molecule has 0 bridgehead atoms. The van der Waals surface area contributed by atoms with Gasteiger partial charge in [0.05, 0.1) is 19.1 Å². The Balaban J connectivity index is 0. The van der Waals surface area contributed by atoms with Gasteiger partial charge in [-0.3, -0.25) is 9.59 Å². The van der Waals surface area contributed by atoms with Crippen molar-refractivity contribution in [3.63, 3.8) is 0 Å². The molecule has 0 saturated heterocycles. The van der Waals surface area contributed by atoms with E-state index >= 15 is 0 Å². The summed E-state index contributed by atoms with van der Waals surface area (Å²) in [6, 6.07) is 0. The van der Waals surface area contributed by atoms with Crippen LogP contribution >= 0.6 is 0 Å². The topological polar surface area (TPSA) is 72.8 Å². The molecule has 52 heavy (non-hydrogen) atoms. The fraction of sp³-hybridized carbons (Fsp3) is 0.957. The fourth-order valence-corrected chi connectivity index (χ4v) is 7.27. The van der Waals surface area contributed by atoms with Crippen LogP contribution in [0, 0.1) is 17.8 Å². The molecule has 0 amide bonds. The molecule has 312 valence electrons. The second-order valence-corrected chi connectivity index (χ2v) is 15.9. The van der Waals surface area contributed by atoms with Crippen LogP contribution in [-0.2, 0) is 19.1 Å². The van der Waals surface area contributed by atoms with Gasteiger partial charge in [-0.1, -0.05) is 221 Å². The molecule has 2 unspecified atom stereocenters. The van der Waals surface area contributed by atoms with Crippen molar-refractivity contribution in [3.05, 3.63) is 0 Å². The van der Waals surface area contributed by atoms with Crippen LogP contribution in [0.3, 0.4) is 0 Å². The lowest BCUT2D eigenvalue weighted by Crippen LogP contribution is -2.29. The summed E-state index contributed by atoms with van der Waals surface area (Å²) in [5.74, 6) is 0.434. The fourth-order valence-electron chi connectivity index (χ4n) is 7.27. The van der Waals surface area contributed by atoms with Gasteiger partial charge >= 0.3 is 11.9 Å². The number of unbranched alkanes of at least 4 members (excludes halogenated alkanes) is 22. The average Bonchev–Trinajstić information content (AvgIpc) is 3.15. The minimum Gasteiger partial charge on any atom is -0.465 e. The normalized spacial score (nSPS) is 12.4. The van der Waals surface area contributed by atoms with E-state index in [-0.39, 0.29) is 23.8 Å². The monoisotopic (exact) mass is 739 g/mol. The van der Waals surface area contributed by atoms with E-state index in [0.29, 0.717) is 32.2 Å². The molecule has 0 aromatic rings. The van der Waals surface area contributed by atoms with Gasteiger partial charge in [-0.25, -0.2) is 0 Å².